The van der Waals surface area contributed by atoms with E-state index in [0.717, 1.165) is 24.2 Å². The van der Waals surface area contributed by atoms with Crippen molar-refractivity contribution in [1.82, 2.24) is 10.2 Å². The summed E-state index contributed by atoms with van der Waals surface area (Å²) in [5.74, 6) is 0.161. The van der Waals surface area contributed by atoms with Gasteiger partial charge in [-0.05, 0) is 11.1 Å². The molecule has 0 atom stereocenters. The van der Waals surface area contributed by atoms with Crippen molar-refractivity contribution in [3.8, 4) is 0 Å². The number of hydrogen-bond acceptors (Lipinski definition) is 2. The number of amides is 1. The molecule has 1 amide bonds. The van der Waals surface area contributed by atoms with E-state index in [-0.39, 0.29) is 24.4 Å². The molecule has 2 aromatic rings. The summed E-state index contributed by atoms with van der Waals surface area (Å²) in [6.07, 6.45) is 0. The van der Waals surface area contributed by atoms with Gasteiger partial charge < -0.3 is 10.2 Å². The summed E-state index contributed by atoms with van der Waals surface area (Å²) >= 11 is 0. The molecule has 1 fully saturated rings. The zero-order chi connectivity index (χ0) is 13.8. The number of carbonyl (C=O) groups excluding carboxylic acids is 1. The van der Waals surface area contributed by atoms with Crippen molar-refractivity contribution in [2.45, 2.75) is 6.04 Å². The molecule has 0 radical (unpaired) electrons. The molecule has 1 aliphatic rings. The van der Waals surface area contributed by atoms with Crippen LogP contribution in [0.1, 0.15) is 17.2 Å². The van der Waals surface area contributed by atoms with Gasteiger partial charge in [0.15, 0.2) is 0 Å². The number of halogens is 1. The van der Waals surface area contributed by atoms with Gasteiger partial charge in [-0.2, -0.15) is 0 Å². The second kappa shape index (κ2) is 7.25. The Morgan fingerprint density at radius 3 is 1.90 bits per heavy atom. The van der Waals surface area contributed by atoms with Crippen LogP contribution >= 0.6 is 12.4 Å². The first kappa shape index (κ1) is 15.5. The lowest BCUT2D eigenvalue weighted by Crippen LogP contribution is -2.49. The number of nitrogens with zero attached hydrogens (tertiary/aromatic N) is 1. The number of hydrogen-bond donors (Lipinski definition) is 1. The van der Waals surface area contributed by atoms with E-state index in [9.17, 15) is 4.79 Å². The smallest absolute Gasteiger partial charge is 0.237 e. The predicted molar refractivity (Wildman–Crippen MR) is 86.6 cm³/mol. The average molecular weight is 303 g/mol. The van der Waals surface area contributed by atoms with Crippen LogP contribution < -0.4 is 5.32 Å². The van der Waals surface area contributed by atoms with E-state index in [1.807, 2.05) is 41.3 Å². The van der Waals surface area contributed by atoms with Gasteiger partial charge in [0.05, 0.1) is 12.6 Å². The Balaban J connectivity index is 0.00000161. The Hall–Kier alpha value is -1.84. The van der Waals surface area contributed by atoms with Crippen LogP contribution in [0.4, 0.5) is 0 Å². The molecule has 4 heteroatoms. The van der Waals surface area contributed by atoms with E-state index >= 15 is 0 Å². The van der Waals surface area contributed by atoms with Gasteiger partial charge in [0.1, 0.15) is 0 Å². The normalized spacial score (nSPS) is 14.9. The molecule has 1 saturated heterocycles. The molecular weight excluding hydrogens is 284 g/mol. The maximum atomic E-state index is 12.2. The Kier molecular flexibility index (Phi) is 5.37. The number of rotatable bonds is 3. The first-order chi connectivity index (χ1) is 9.86. The molecule has 2 aromatic carbocycles. The Morgan fingerprint density at radius 2 is 1.43 bits per heavy atom. The third kappa shape index (κ3) is 3.43. The first-order valence-corrected chi connectivity index (χ1v) is 6.96. The molecule has 1 aliphatic heterocycles. The summed E-state index contributed by atoms with van der Waals surface area (Å²) in [5, 5.41) is 3.13. The number of nitrogens with one attached hydrogen (secondary N) is 1. The van der Waals surface area contributed by atoms with Crippen LogP contribution in [0.25, 0.3) is 0 Å². The Bertz CT molecular complexity index is 534. The Morgan fingerprint density at radius 1 is 0.905 bits per heavy atom. The number of benzene rings is 2. The van der Waals surface area contributed by atoms with Gasteiger partial charge in [0, 0.05) is 13.1 Å². The second-order valence-electron chi connectivity index (χ2n) is 4.99. The van der Waals surface area contributed by atoms with E-state index in [2.05, 4.69) is 29.6 Å². The van der Waals surface area contributed by atoms with Gasteiger partial charge in [0.2, 0.25) is 5.91 Å². The maximum Gasteiger partial charge on any atom is 0.237 e. The van der Waals surface area contributed by atoms with E-state index < -0.39 is 0 Å². The minimum Gasteiger partial charge on any atom is -0.329 e. The van der Waals surface area contributed by atoms with Crippen LogP contribution in [0.3, 0.4) is 0 Å². The second-order valence-corrected chi connectivity index (χ2v) is 4.99. The van der Waals surface area contributed by atoms with Crippen molar-refractivity contribution < 1.29 is 4.79 Å². The van der Waals surface area contributed by atoms with Gasteiger partial charge in [-0.25, -0.2) is 0 Å². The van der Waals surface area contributed by atoms with Crippen LogP contribution in [0, 0.1) is 0 Å². The Labute approximate surface area is 131 Å². The molecule has 0 bridgehead atoms. The fourth-order valence-corrected chi connectivity index (χ4v) is 2.72. The lowest BCUT2D eigenvalue weighted by atomic mass is 9.96. The lowest BCUT2D eigenvalue weighted by molar-refractivity contribution is -0.133. The fourth-order valence-electron chi connectivity index (χ4n) is 2.72. The zero-order valence-corrected chi connectivity index (χ0v) is 12.6. The highest BCUT2D eigenvalue weighted by Crippen LogP contribution is 2.28. The van der Waals surface area contributed by atoms with Crippen LogP contribution in [-0.2, 0) is 4.79 Å². The van der Waals surface area contributed by atoms with Crippen LogP contribution in [0.15, 0.2) is 60.7 Å². The van der Waals surface area contributed by atoms with Crippen molar-refractivity contribution in [3.63, 3.8) is 0 Å². The molecule has 110 valence electrons. The van der Waals surface area contributed by atoms with E-state index in [4.69, 9.17) is 0 Å². The molecule has 3 rings (SSSR count). The quantitative estimate of drug-likeness (QED) is 0.945. The molecule has 1 heterocycles. The topological polar surface area (TPSA) is 32.3 Å². The highest BCUT2D eigenvalue weighted by Gasteiger charge is 2.28. The van der Waals surface area contributed by atoms with Crippen molar-refractivity contribution >= 4 is 18.3 Å². The highest BCUT2D eigenvalue weighted by molar-refractivity contribution is 5.85. The lowest BCUT2D eigenvalue weighted by Gasteiger charge is -2.35. The summed E-state index contributed by atoms with van der Waals surface area (Å²) in [4.78, 5) is 14.2. The standard InChI is InChI=1S/C17H18N2O.ClH/c20-16-13-18-11-12-19(16)17(14-7-3-1-4-8-14)15-9-5-2-6-10-15;/h1-10,17-18H,11-13H2;1H. The van der Waals surface area contributed by atoms with E-state index in [0.29, 0.717) is 6.54 Å². The predicted octanol–water partition coefficient (Wildman–Crippen LogP) is 2.63. The zero-order valence-electron chi connectivity index (χ0n) is 11.7. The molecule has 0 aliphatic carbocycles. The first-order valence-electron chi connectivity index (χ1n) is 6.96. The number of carbonyl (C=O) groups is 1. The largest absolute Gasteiger partial charge is 0.329 e. The van der Waals surface area contributed by atoms with Crippen molar-refractivity contribution in [2.24, 2.45) is 0 Å². The van der Waals surface area contributed by atoms with Crippen molar-refractivity contribution in [1.29, 1.82) is 0 Å². The summed E-state index contributed by atoms with van der Waals surface area (Å²) in [6.45, 7) is 2.02. The van der Waals surface area contributed by atoms with Crippen LogP contribution in [-0.4, -0.2) is 30.4 Å². The third-order valence-electron chi connectivity index (χ3n) is 3.67. The molecule has 0 aromatic heterocycles. The molecule has 0 spiro atoms. The van der Waals surface area contributed by atoms with Gasteiger partial charge in [0.25, 0.3) is 0 Å². The molecule has 3 nitrogen and oxygen atoms in total. The van der Waals surface area contributed by atoms with Crippen molar-refractivity contribution in [3.05, 3.63) is 71.8 Å². The minimum atomic E-state index is 0. The molecule has 0 unspecified atom stereocenters. The molecule has 0 saturated carbocycles. The number of piperazine rings is 1. The maximum absolute atomic E-state index is 12.2. The summed E-state index contributed by atoms with van der Waals surface area (Å²) in [6, 6.07) is 20.5. The van der Waals surface area contributed by atoms with Crippen LogP contribution in [0.5, 0.6) is 0 Å². The summed E-state index contributed by atoms with van der Waals surface area (Å²) in [7, 11) is 0. The average Bonchev–Trinajstić information content (AvgIpc) is 2.52. The van der Waals surface area contributed by atoms with Gasteiger partial charge in [-0.3, -0.25) is 4.79 Å². The monoisotopic (exact) mass is 302 g/mol. The van der Waals surface area contributed by atoms with Gasteiger partial charge >= 0.3 is 0 Å². The fraction of sp³-hybridized carbons (Fsp3) is 0.235. The van der Waals surface area contributed by atoms with Gasteiger partial charge in [-0.15, -0.1) is 12.4 Å². The van der Waals surface area contributed by atoms with E-state index in [1.165, 1.54) is 0 Å². The van der Waals surface area contributed by atoms with Crippen molar-refractivity contribution in [2.75, 3.05) is 19.6 Å². The minimum absolute atomic E-state index is 0. The SMILES string of the molecule is Cl.O=C1CNCCN1C(c1ccccc1)c1ccccc1. The molecule has 1 N–H and O–H groups in total. The van der Waals surface area contributed by atoms with E-state index in [1.54, 1.807) is 0 Å². The van der Waals surface area contributed by atoms with Gasteiger partial charge in [-0.1, -0.05) is 60.7 Å². The summed E-state index contributed by atoms with van der Waals surface area (Å²) in [5.41, 5.74) is 2.32. The summed E-state index contributed by atoms with van der Waals surface area (Å²) < 4.78 is 0. The molecule has 21 heavy (non-hydrogen) atoms. The van der Waals surface area contributed by atoms with Crippen LogP contribution in [0.2, 0.25) is 0 Å². The molecular formula is C17H19ClN2O. The third-order valence-corrected chi connectivity index (χ3v) is 3.67. The highest BCUT2D eigenvalue weighted by atomic mass is 35.5.